The maximum atomic E-state index is 13.5. The molecule has 1 saturated carbocycles. The number of aromatic nitrogens is 6. The summed E-state index contributed by atoms with van der Waals surface area (Å²) in [5, 5.41) is 12.8. The lowest BCUT2D eigenvalue weighted by Gasteiger charge is -2.32. The Morgan fingerprint density at radius 2 is 2.07 bits per heavy atom. The molecule has 154 valence electrons. The van der Waals surface area contributed by atoms with Crippen LogP contribution in [0.5, 0.6) is 0 Å². The topological polar surface area (TPSA) is 88.1 Å². The van der Waals surface area contributed by atoms with E-state index in [4.69, 9.17) is 4.42 Å². The standard InChI is InChI=1S/C19H16F3N7O/c20-19(21,22)11-2-1-6-29-14(11)8-13(27-29)16-15-12(23-9-24-15)5-7-28(16)18-26-25-17(30-18)10-3-4-10/h1-2,6,8-10,16H,3-5,7H2,(H,23,24). The van der Waals surface area contributed by atoms with Crippen LogP contribution < -0.4 is 4.90 Å². The van der Waals surface area contributed by atoms with Crippen molar-refractivity contribution in [2.75, 3.05) is 11.4 Å². The summed E-state index contributed by atoms with van der Waals surface area (Å²) >= 11 is 0. The van der Waals surface area contributed by atoms with Crippen LogP contribution >= 0.6 is 0 Å². The molecule has 1 aliphatic heterocycles. The first kappa shape index (κ1) is 17.5. The number of aromatic amines is 1. The summed E-state index contributed by atoms with van der Waals surface area (Å²) in [6.07, 6.45) is 1.35. The monoisotopic (exact) mass is 415 g/mol. The summed E-state index contributed by atoms with van der Waals surface area (Å²) in [4.78, 5) is 9.41. The smallest absolute Gasteiger partial charge is 0.408 e. The molecule has 0 aromatic carbocycles. The minimum atomic E-state index is -4.48. The van der Waals surface area contributed by atoms with Crippen molar-refractivity contribution in [1.82, 2.24) is 29.8 Å². The Hall–Kier alpha value is -3.37. The van der Waals surface area contributed by atoms with Gasteiger partial charge in [0.15, 0.2) is 0 Å². The van der Waals surface area contributed by atoms with Crippen molar-refractivity contribution >= 4 is 11.5 Å². The van der Waals surface area contributed by atoms with Crippen LogP contribution in [0.4, 0.5) is 19.2 Å². The van der Waals surface area contributed by atoms with Crippen molar-refractivity contribution < 1.29 is 17.6 Å². The molecule has 1 N–H and O–H groups in total. The van der Waals surface area contributed by atoms with Gasteiger partial charge >= 0.3 is 12.2 Å². The molecule has 0 bridgehead atoms. The third-order valence-electron chi connectivity index (χ3n) is 5.63. The van der Waals surface area contributed by atoms with Crippen LogP contribution in [-0.4, -0.2) is 36.3 Å². The molecule has 5 heterocycles. The Morgan fingerprint density at radius 3 is 2.87 bits per heavy atom. The summed E-state index contributed by atoms with van der Waals surface area (Å²) in [5.74, 6) is 0.908. The highest BCUT2D eigenvalue weighted by Gasteiger charge is 2.39. The molecule has 1 atom stereocenters. The van der Waals surface area contributed by atoms with E-state index in [0.29, 0.717) is 42.2 Å². The summed E-state index contributed by atoms with van der Waals surface area (Å²) in [6, 6.07) is 3.66. The Morgan fingerprint density at radius 1 is 1.20 bits per heavy atom. The van der Waals surface area contributed by atoms with E-state index in [1.54, 1.807) is 6.33 Å². The van der Waals surface area contributed by atoms with Crippen molar-refractivity contribution in [2.24, 2.45) is 0 Å². The molecule has 0 spiro atoms. The number of fused-ring (bicyclic) bond motifs is 2. The fraction of sp³-hybridized carbons (Fsp3) is 0.368. The zero-order chi connectivity index (χ0) is 20.5. The maximum absolute atomic E-state index is 13.5. The lowest BCUT2D eigenvalue weighted by molar-refractivity contribution is -0.136. The first-order valence-electron chi connectivity index (χ1n) is 9.67. The predicted octanol–water partition coefficient (Wildman–Crippen LogP) is 3.49. The normalized spacial score (nSPS) is 19.4. The van der Waals surface area contributed by atoms with Crippen molar-refractivity contribution in [3.63, 3.8) is 0 Å². The number of imidazole rings is 1. The van der Waals surface area contributed by atoms with E-state index >= 15 is 0 Å². The molecule has 4 aromatic heterocycles. The number of hydrogen-bond donors (Lipinski definition) is 1. The van der Waals surface area contributed by atoms with Gasteiger partial charge in [-0.25, -0.2) is 9.50 Å². The van der Waals surface area contributed by atoms with Crippen LogP contribution in [0.15, 0.2) is 35.1 Å². The van der Waals surface area contributed by atoms with Crippen LogP contribution in [0.2, 0.25) is 0 Å². The molecule has 0 radical (unpaired) electrons. The average Bonchev–Trinajstić information content (AvgIpc) is 3.13. The quantitative estimate of drug-likeness (QED) is 0.551. The largest absolute Gasteiger partial charge is 0.418 e. The van der Waals surface area contributed by atoms with Crippen LogP contribution in [0.1, 0.15) is 53.3 Å². The molecular formula is C19H16F3N7O. The van der Waals surface area contributed by atoms with E-state index in [2.05, 4.69) is 25.3 Å². The van der Waals surface area contributed by atoms with Gasteiger partial charge in [-0.3, -0.25) is 0 Å². The molecule has 4 aromatic rings. The highest BCUT2D eigenvalue weighted by molar-refractivity contribution is 5.58. The van der Waals surface area contributed by atoms with Gasteiger partial charge in [0, 0.05) is 30.8 Å². The Bertz CT molecular complexity index is 1240. The molecular weight excluding hydrogens is 399 g/mol. The number of halogens is 3. The number of rotatable bonds is 3. The molecule has 6 rings (SSSR count). The van der Waals surface area contributed by atoms with Crippen molar-refractivity contribution in [3.05, 3.63) is 59.3 Å². The number of pyridine rings is 1. The van der Waals surface area contributed by atoms with Gasteiger partial charge in [-0.05, 0) is 31.0 Å². The van der Waals surface area contributed by atoms with E-state index in [-0.39, 0.29) is 5.52 Å². The third-order valence-corrected chi connectivity index (χ3v) is 5.63. The molecule has 11 heteroatoms. The number of nitrogens with zero attached hydrogens (tertiary/aromatic N) is 6. The third kappa shape index (κ3) is 2.68. The van der Waals surface area contributed by atoms with Gasteiger partial charge in [0.05, 0.1) is 28.8 Å². The second-order valence-corrected chi connectivity index (χ2v) is 7.63. The van der Waals surface area contributed by atoms with Crippen LogP contribution in [0.3, 0.4) is 0 Å². The van der Waals surface area contributed by atoms with Gasteiger partial charge in [0.1, 0.15) is 6.04 Å². The van der Waals surface area contributed by atoms with Crippen LogP contribution in [0, 0.1) is 0 Å². The molecule has 1 aliphatic carbocycles. The number of anilines is 1. The lowest BCUT2D eigenvalue weighted by atomic mass is 10.00. The zero-order valence-corrected chi connectivity index (χ0v) is 15.6. The molecule has 0 amide bonds. The predicted molar refractivity (Wildman–Crippen MR) is 97.9 cm³/mol. The van der Waals surface area contributed by atoms with Gasteiger partial charge in [-0.15, -0.1) is 5.10 Å². The first-order chi connectivity index (χ1) is 14.5. The van der Waals surface area contributed by atoms with E-state index in [0.717, 1.165) is 24.6 Å². The van der Waals surface area contributed by atoms with Crippen molar-refractivity contribution in [3.8, 4) is 0 Å². The summed E-state index contributed by atoms with van der Waals surface area (Å²) in [6.45, 7) is 0.548. The maximum Gasteiger partial charge on any atom is 0.418 e. The molecule has 0 saturated heterocycles. The van der Waals surface area contributed by atoms with E-state index < -0.39 is 17.8 Å². The summed E-state index contributed by atoms with van der Waals surface area (Å²) < 4.78 is 47.6. The molecule has 2 aliphatic rings. The Balaban J connectivity index is 1.49. The number of hydrogen-bond acceptors (Lipinski definition) is 6. The molecule has 1 unspecified atom stereocenters. The van der Waals surface area contributed by atoms with Gasteiger partial charge in [-0.2, -0.15) is 18.3 Å². The average molecular weight is 415 g/mol. The van der Waals surface area contributed by atoms with Gasteiger partial charge in [0.2, 0.25) is 5.89 Å². The fourth-order valence-corrected chi connectivity index (χ4v) is 4.03. The lowest BCUT2D eigenvalue weighted by Crippen LogP contribution is -2.36. The van der Waals surface area contributed by atoms with Crippen LogP contribution in [0.25, 0.3) is 5.52 Å². The number of alkyl halides is 3. The van der Waals surface area contributed by atoms with Crippen LogP contribution in [-0.2, 0) is 12.6 Å². The molecule has 8 nitrogen and oxygen atoms in total. The van der Waals surface area contributed by atoms with Gasteiger partial charge in [0.25, 0.3) is 0 Å². The highest BCUT2D eigenvalue weighted by atomic mass is 19.4. The fourth-order valence-electron chi connectivity index (χ4n) is 4.03. The summed E-state index contributed by atoms with van der Waals surface area (Å²) in [5.41, 5.74) is 1.32. The molecule has 1 fully saturated rings. The highest BCUT2D eigenvalue weighted by Crippen LogP contribution is 2.42. The zero-order valence-electron chi connectivity index (χ0n) is 15.6. The van der Waals surface area contributed by atoms with E-state index in [9.17, 15) is 13.2 Å². The molecule has 30 heavy (non-hydrogen) atoms. The first-order valence-corrected chi connectivity index (χ1v) is 9.67. The van der Waals surface area contributed by atoms with E-state index in [1.165, 1.54) is 22.8 Å². The second-order valence-electron chi connectivity index (χ2n) is 7.63. The second kappa shape index (κ2) is 6.07. The number of nitrogens with one attached hydrogen (secondary N) is 1. The Kier molecular flexibility index (Phi) is 3.54. The SMILES string of the molecule is FC(F)(F)c1cccn2nc(C3c4nc[nH]c4CCN3c3nnc(C4CC4)o3)cc12. The number of H-pyrrole nitrogens is 1. The minimum Gasteiger partial charge on any atom is -0.408 e. The van der Waals surface area contributed by atoms with Crippen molar-refractivity contribution in [1.29, 1.82) is 0 Å². The van der Waals surface area contributed by atoms with Crippen molar-refractivity contribution in [2.45, 2.75) is 37.4 Å². The minimum absolute atomic E-state index is 0.00759. The van der Waals surface area contributed by atoms with Gasteiger partial charge in [-0.1, -0.05) is 5.10 Å². The summed E-state index contributed by atoms with van der Waals surface area (Å²) in [7, 11) is 0. The Labute approximate surface area is 167 Å². The van der Waals surface area contributed by atoms with E-state index in [1.807, 2.05) is 4.90 Å². The van der Waals surface area contributed by atoms with Gasteiger partial charge < -0.3 is 14.3 Å².